The average Bonchev–Trinajstić information content (AvgIpc) is 2.68. The van der Waals surface area contributed by atoms with E-state index in [0.717, 1.165) is 0 Å². The Morgan fingerprint density at radius 1 is 1.11 bits per heavy atom. The predicted molar refractivity (Wildman–Crippen MR) is 106 cm³/mol. The number of amides is 1. The van der Waals surface area contributed by atoms with Crippen molar-refractivity contribution in [1.29, 1.82) is 0 Å². The van der Waals surface area contributed by atoms with E-state index in [1.54, 1.807) is 36.7 Å². The highest BCUT2D eigenvalue weighted by molar-refractivity contribution is 6.31. The fraction of sp³-hybridized carbons (Fsp3) is 0. The van der Waals surface area contributed by atoms with Crippen molar-refractivity contribution in [1.82, 2.24) is 15.0 Å². The number of nitrogens with zero attached hydrogens (tertiary/aromatic N) is 3. The van der Waals surface area contributed by atoms with Crippen LogP contribution in [0, 0.1) is 5.82 Å². The maximum absolute atomic E-state index is 13.9. The number of nitrogens with one attached hydrogen (secondary N) is 1. The summed E-state index contributed by atoms with van der Waals surface area (Å²) in [7, 11) is 0. The fourth-order valence-corrected chi connectivity index (χ4v) is 2.95. The molecule has 8 heteroatoms. The third kappa shape index (κ3) is 3.47. The normalized spacial score (nSPS) is 10.8. The van der Waals surface area contributed by atoms with Gasteiger partial charge in [0.2, 0.25) is 0 Å². The highest BCUT2D eigenvalue weighted by Gasteiger charge is 2.14. The molecule has 0 bridgehead atoms. The molecule has 6 nitrogen and oxygen atoms in total. The Labute approximate surface area is 164 Å². The van der Waals surface area contributed by atoms with E-state index >= 15 is 0 Å². The molecule has 0 saturated heterocycles. The number of hydrogen-bond acceptors (Lipinski definition) is 5. The van der Waals surface area contributed by atoms with Crippen molar-refractivity contribution < 1.29 is 9.18 Å². The van der Waals surface area contributed by atoms with Gasteiger partial charge in [-0.05, 0) is 48.5 Å². The van der Waals surface area contributed by atoms with Crippen molar-refractivity contribution in [3.8, 4) is 11.4 Å². The van der Waals surface area contributed by atoms with Crippen molar-refractivity contribution in [2.45, 2.75) is 0 Å². The second-order valence-electron chi connectivity index (χ2n) is 5.98. The van der Waals surface area contributed by atoms with Crippen LogP contribution in [0.2, 0.25) is 5.02 Å². The SMILES string of the molecule is NC(=O)c1ccc(Cl)cc1Nc1nc(-c2cccnc2)nc2ccc(F)cc12. The van der Waals surface area contributed by atoms with Crippen molar-refractivity contribution in [3.63, 3.8) is 0 Å². The first kappa shape index (κ1) is 17.8. The maximum Gasteiger partial charge on any atom is 0.250 e. The topological polar surface area (TPSA) is 93.8 Å². The van der Waals surface area contributed by atoms with Gasteiger partial charge < -0.3 is 11.1 Å². The number of fused-ring (bicyclic) bond motifs is 1. The molecule has 0 fully saturated rings. The fourth-order valence-electron chi connectivity index (χ4n) is 2.78. The number of rotatable bonds is 4. The molecule has 4 aromatic rings. The second-order valence-corrected chi connectivity index (χ2v) is 6.41. The molecule has 0 radical (unpaired) electrons. The first-order valence-corrected chi connectivity index (χ1v) is 8.63. The van der Waals surface area contributed by atoms with Gasteiger partial charge in [0.25, 0.3) is 5.91 Å². The van der Waals surface area contributed by atoms with Gasteiger partial charge >= 0.3 is 0 Å². The van der Waals surface area contributed by atoms with Crippen LogP contribution < -0.4 is 11.1 Å². The van der Waals surface area contributed by atoms with Gasteiger partial charge in [-0.25, -0.2) is 14.4 Å². The summed E-state index contributed by atoms with van der Waals surface area (Å²) in [5.41, 5.74) is 7.27. The third-order valence-electron chi connectivity index (χ3n) is 4.08. The van der Waals surface area contributed by atoms with Crippen LogP contribution in [0.1, 0.15) is 10.4 Å². The number of hydrogen-bond donors (Lipinski definition) is 2. The number of benzene rings is 2. The zero-order chi connectivity index (χ0) is 19.7. The Balaban J connectivity index is 1.92. The highest BCUT2D eigenvalue weighted by Crippen LogP contribution is 2.30. The summed E-state index contributed by atoms with van der Waals surface area (Å²) in [5.74, 6) is -0.351. The van der Waals surface area contributed by atoms with Crippen LogP contribution in [-0.2, 0) is 0 Å². The lowest BCUT2D eigenvalue weighted by Crippen LogP contribution is -2.13. The summed E-state index contributed by atoms with van der Waals surface area (Å²) in [6.45, 7) is 0. The second kappa shape index (κ2) is 7.21. The number of halogens is 2. The first-order valence-electron chi connectivity index (χ1n) is 8.25. The standard InChI is InChI=1S/C20H13ClFN5O/c21-12-3-5-14(18(23)28)17(8-12)26-20-15-9-13(22)4-6-16(15)25-19(27-20)11-2-1-7-24-10-11/h1-10H,(H2,23,28)(H,25,26,27). The van der Waals surface area contributed by atoms with Crippen molar-refractivity contribution in [2.75, 3.05) is 5.32 Å². The molecule has 0 saturated carbocycles. The molecular weight excluding hydrogens is 381 g/mol. The van der Waals surface area contributed by atoms with Gasteiger partial charge in [0.15, 0.2) is 5.82 Å². The van der Waals surface area contributed by atoms with E-state index in [4.69, 9.17) is 17.3 Å². The van der Waals surface area contributed by atoms with Crippen LogP contribution in [0.5, 0.6) is 0 Å². The molecule has 4 rings (SSSR count). The number of nitrogens with two attached hydrogens (primary N) is 1. The smallest absolute Gasteiger partial charge is 0.250 e. The molecule has 0 unspecified atom stereocenters. The van der Waals surface area contributed by atoms with Crippen molar-refractivity contribution in [3.05, 3.63) is 77.3 Å². The van der Waals surface area contributed by atoms with E-state index in [2.05, 4.69) is 20.3 Å². The minimum Gasteiger partial charge on any atom is -0.366 e. The summed E-state index contributed by atoms with van der Waals surface area (Å²) < 4.78 is 13.9. The number of carbonyl (C=O) groups is 1. The van der Waals surface area contributed by atoms with E-state index in [-0.39, 0.29) is 5.56 Å². The van der Waals surface area contributed by atoms with Gasteiger partial charge in [-0.2, -0.15) is 0 Å². The van der Waals surface area contributed by atoms with Gasteiger partial charge in [-0.3, -0.25) is 9.78 Å². The van der Waals surface area contributed by atoms with E-state index < -0.39 is 11.7 Å². The Morgan fingerprint density at radius 3 is 2.71 bits per heavy atom. The van der Waals surface area contributed by atoms with Gasteiger partial charge in [0.1, 0.15) is 11.6 Å². The molecule has 0 aliphatic carbocycles. The van der Waals surface area contributed by atoms with Gasteiger partial charge in [0.05, 0.1) is 16.8 Å². The number of anilines is 2. The number of pyridine rings is 1. The lowest BCUT2D eigenvalue weighted by molar-refractivity contribution is 0.100. The van der Waals surface area contributed by atoms with Gasteiger partial charge in [-0.1, -0.05) is 11.6 Å². The molecule has 2 aromatic heterocycles. The van der Waals surface area contributed by atoms with Gasteiger partial charge in [-0.15, -0.1) is 0 Å². The largest absolute Gasteiger partial charge is 0.366 e. The minimum atomic E-state index is -0.629. The average molecular weight is 394 g/mol. The maximum atomic E-state index is 13.9. The summed E-state index contributed by atoms with van der Waals surface area (Å²) >= 11 is 6.07. The lowest BCUT2D eigenvalue weighted by Gasteiger charge is -2.13. The van der Waals surface area contributed by atoms with Crippen molar-refractivity contribution >= 4 is 39.9 Å². The van der Waals surface area contributed by atoms with E-state index in [0.29, 0.717) is 38.8 Å². The Bertz CT molecular complexity index is 1200. The molecule has 2 aromatic carbocycles. The minimum absolute atomic E-state index is 0.232. The van der Waals surface area contributed by atoms with Crippen molar-refractivity contribution in [2.24, 2.45) is 5.73 Å². The third-order valence-corrected chi connectivity index (χ3v) is 4.31. The zero-order valence-corrected chi connectivity index (χ0v) is 15.1. The number of aromatic nitrogens is 3. The molecule has 2 heterocycles. The Hall–Kier alpha value is -3.58. The van der Waals surface area contributed by atoms with Crippen LogP contribution in [0.15, 0.2) is 60.9 Å². The van der Waals surface area contributed by atoms with Crippen LogP contribution in [0.25, 0.3) is 22.3 Å². The molecule has 1 amide bonds. The molecule has 28 heavy (non-hydrogen) atoms. The summed E-state index contributed by atoms with van der Waals surface area (Å²) in [6, 6.07) is 12.4. The van der Waals surface area contributed by atoms with E-state index in [1.807, 2.05) is 6.07 Å². The van der Waals surface area contributed by atoms with E-state index in [1.165, 1.54) is 18.2 Å². The van der Waals surface area contributed by atoms with Crippen LogP contribution in [0.3, 0.4) is 0 Å². The predicted octanol–water partition coefficient (Wildman–Crippen LogP) is 4.33. The molecule has 3 N–H and O–H groups in total. The highest BCUT2D eigenvalue weighted by atomic mass is 35.5. The zero-order valence-electron chi connectivity index (χ0n) is 14.4. The molecule has 0 aliphatic heterocycles. The summed E-state index contributed by atoms with van der Waals surface area (Å²) in [6.07, 6.45) is 3.27. The lowest BCUT2D eigenvalue weighted by atomic mass is 10.1. The van der Waals surface area contributed by atoms with Gasteiger partial charge in [0, 0.05) is 28.4 Å². The first-order chi connectivity index (χ1) is 13.5. The molecular formula is C20H13ClFN5O. The van der Waals surface area contributed by atoms with Crippen LogP contribution in [0.4, 0.5) is 15.9 Å². The monoisotopic (exact) mass is 393 g/mol. The molecule has 0 aliphatic rings. The molecule has 0 spiro atoms. The number of carbonyl (C=O) groups excluding carboxylic acids is 1. The van der Waals surface area contributed by atoms with Crippen LogP contribution >= 0.6 is 11.6 Å². The summed E-state index contributed by atoms with van der Waals surface area (Å²) in [5, 5.41) is 3.91. The number of primary amides is 1. The molecule has 0 atom stereocenters. The molecule has 138 valence electrons. The quantitative estimate of drug-likeness (QED) is 0.538. The summed E-state index contributed by atoms with van der Waals surface area (Å²) in [4.78, 5) is 24.8. The Morgan fingerprint density at radius 2 is 1.96 bits per heavy atom. The van der Waals surface area contributed by atoms with E-state index in [9.17, 15) is 9.18 Å². The van der Waals surface area contributed by atoms with Crippen LogP contribution in [-0.4, -0.2) is 20.9 Å². The Kier molecular flexibility index (Phi) is 4.58.